The molecule has 3 heterocycles. The number of hydrogen-bond acceptors (Lipinski definition) is 10. The zero-order valence-corrected chi connectivity index (χ0v) is 28.7. The van der Waals surface area contributed by atoms with E-state index in [0.29, 0.717) is 5.69 Å². The molecule has 244 valence electrons. The minimum absolute atomic E-state index is 0.0235. The van der Waals surface area contributed by atoms with Crippen molar-refractivity contribution in [1.29, 1.82) is 0 Å². The van der Waals surface area contributed by atoms with Crippen molar-refractivity contribution in [3.05, 3.63) is 89.2 Å². The number of pyridine rings is 2. The van der Waals surface area contributed by atoms with Gasteiger partial charge in [0.15, 0.2) is 5.03 Å². The van der Waals surface area contributed by atoms with Gasteiger partial charge in [0, 0.05) is 29.4 Å². The van der Waals surface area contributed by atoms with Crippen LogP contribution in [0.3, 0.4) is 0 Å². The third kappa shape index (κ3) is 9.65. The Labute approximate surface area is 274 Å². The lowest BCUT2D eigenvalue weighted by atomic mass is 10.1. The lowest BCUT2D eigenvalue weighted by molar-refractivity contribution is -0.153. The van der Waals surface area contributed by atoms with Crippen molar-refractivity contribution in [2.75, 3.05) is 11.4 Å². The van der Waals surface area contributed by atoms with Gasteiger partial charge in [-0.05, 0) is 78.3 Å². The molecule has 0 atom stereocenters. The van der Waals surface area contributed by atoms with E-state index in [1.807, 2.05) is 37.4 Å². The Morgan fingerprint density at radius 3 is 2.13 bits per heavy atom. The van der Waals surface area contributed by atoms with E-state index < -0.39 is 39.8 Å². The third-order valence-corrected chi connectivity index (χ3v) is 8.82. The first-order valence-electron chi connectivity index (χ1n) is 14.6. The molecule has 0 aliphatic carbocycles. The van der Waals surface area contributed by atoms with Crippen LogP contribution in [0.25, 0.3) is 10.6 Å². The third-order valence-electron chi connectivity index (χ3n) is 6.15. The second-order valence-electron chi connectivity index (χ2n) is 12.6. The average molecular weight is 666 g/mol. The Kier molecular flexibility index (Phi) is 10.6. The van der Waals surface area contributed by atoms with Crippen molar-refractivity contribution >= 4 is 39.2 Å². The summed E-state index contributed by atoms with van der Waals surface area (Å²) in [5.74, 6) is -0.544. The molecule has 4 rings (SSSR count). The highest BCUT2D eigenvalue weighted by molar-refractivity contribution is 7.89. The maximum absolute atomic E-state index is 13.9. The number of nitrogens with zero attached hydrogens (tertiary/aromatic N) is 5. The van der Waals surface area contributed by atoms with E-state index in [9.17, 15) is 18.0 Å². The highest BCUT2D eigenvalue weighted by atomic mass is 32.2. The van der Waals surface area contributed by atoms with E-state index in [4.69, 9.17) is 9.47 Å². The summed E-state index contributed by atoms with van der Waals surface area (Å²) in [6.45, 7) is 11.7. The fraction of sp³-hybridized carbons (Fsp3) is 0.364. The second kappa shape index (κ2) is 14.1. The highest BCUT2D eigenvalue weighted by Crippen LogP contribution is 2.27. The maximum Gasteiger partial charge on any atom is 0.416 e. The molecule has 46 heavy (non-hydrogen) atoms. The first-order valence-corrected chi connectivity index (χ1v) is 16.9. The van der Waals surface area contributed by atoms with E-state index in [2.05, 4.69) is 15.0 Å². The van der Waals surface area contributed by atoms with Crippen LogP contribution in [0.15, 0.2) is 78.1 Å². The van der Waals surface area contributed by atoms with Crippen molar-refractivity contribution in [2.24, 2.45) is 0 Å². The van der Waals surface area contributed by atoms with Gasteiger partial charge in [-0.1, -0.05) is 36.4 Å². The van der Waals surface area contributed by atoms with Gasteiger partial charge in [-0.3, -0.25) is 9.69 Å². The van der Waals surface area contributed by atoms with Gasteiger partial charge in [-0.2, -0.15) is 4.31 Å². The predicted molar refractivity (Wildman–Crippen MR) is 177 cm³/mol. The summed E-state index contributed by atoms with van der Waals surface area (Å²) in [5, 5.41) is 0.769. The van der Waals surface area contributed by atoms with E-state index >= 15 is 0 Å². The molecule has 11 nitrogen and oxygen atoms in total. The molecule has 0 radical (unpaired) electrons. The average Bonchev–Trinajstić information content (AvgIpc) is 3.41. The van der Waals surface area contributed by atoms with Crippen molar-refractivity contribution in [2.45, 2.75) is 77.8 Å². The first-order chi connectivity index (χ1) is 21.5. The van der Waals surface area contributed by atoms with Crippen LogP contribution in [0, 0.1) is 6.92 Å². The van der Waals surface area contributed by atoms with Gasteiger partial charge in [-0.15, -0.1) is 11.3 Å². The van der Waals surface area contributed by atoms with E-state index in [0.717, 1.165) is 25.9 Å². The molecule has 1 amide bonds. The van der Waals surface area contributed by atoms with Crippen molar-refractivity contribution in [3.8, 4) is 10.6 Å². The standard InChI is InChI=1S/C33H39N5O6S2/c1-23-19-35-30(45-23)25-16-14-24(15-17-25)20-37(46(41,42)28-13-8-9-18-34-28)21-26-11-10-12-27(36-26)38(31(40)44-33(5,6)7)22-29(39)43-32(2,3)4/h8-19H,20-22H2,1-7H3. The Morgan fingerprint density at radius 1 is 0.848 bits per heavy atom. The van der Waals surface area contributed by atoms with Crippen molar-refractivity contribution < 1.29 is 27.5 Å². The van der Waals surface area contributed by atoms with Gasteiger partial charge in [0.1, 0.15) is 28.6 Å². The van der Waals surface area contributed by atoms with Gasteiger partial charge in [0.25, 0.3) is 10.0 Å². The molecule has 3 aromatic heterocycles. The summed E-state index contributed by atoms with van der Waals surface area (Å²) in [7, 11) is -4.08. The number of thiazole rings is 1. The second-order valence-corrected chi connectivity index (χ2v) is 15.7. The number of esters is 1. The Hall–Kier alpha value is -4.20. The molecular weight excluding hydrogens is 627 g/mol. The molecule has 0 fully saturated rings. The summed E-state index contributed by atoms with van der Waals surface area (Å²) in [6, 6.07) is 17.1. The fourth-order valence-corrected chi connectivity index (χ4v) is 6.35. The number of benzene rings is 1. The van der Waals surface area contributed by atoms with Crippen LogP contribution in [-0.4, -0.2) is 57.5 Å². The number of aromatic nitrogens is 3. The summed E-state index contributed by atoms with van der Waals surface area (Å²) in [6.07, 6.45) is 2.44. The topological polar surface area (TPSA) is 132 Å². The molecule has 4 aromatic rings. The number of carbonyl (C=O) groups is 2. The molecule has 0 spiro atoms. The minimum atomic E-state index is -4.08. The van der Waals surface area contributed by atoms with Gasteiger partial charge in [-0.25, -0.2) is 28.2 Å². The van der Waals surface area contributed by atoms with Gasteiger partial charge in [0.05, 0.1) is 12.2 Å². The van der Waals surface area contributed by atoms with Crippen LogP contribution in [0.5, 0.6) is 0 Å². The Morgan fingerprint density at radius 2 is 1.54 bits per heavy atom. The minimum Gasteiger partial charge on any atom is -0.459 e. The SMILES string of the molecule is Cc1cnc(-c2ccc(CN(Cc3cccc(N(CC(=O)OC(C)(C)C)C(=O)OC(C)(C)C)n3)S(=O)(=O)c3ccccn3)cc2)s1. The van der Waals surface area contributed by atoms with Crippen LogP contribution < -0.4 is 4.90 Å². The van der Waals surface area contributed by atoms with Crippen LogP contribution >= 0.6 is 11.3 Å². The molecular formula is C33H39N5O6S2. The number of hydrogen-bond donors (Lipinski definition) is 0. The van der Waals surface area contributed by atoms with Crippen LogP contribution in [0.2, 0.25) is 0 Å². The van der Waals surface area contributed by atoms with Gasteiger partial charge < -0.3 is 9.47 Å². The number of rotatable bonds is 10. The normalized spacial score (nSPS) is 12.2. The summed E-state index contributed by atoms with van der Waals surface area (Å²) in [5.41, 5.74) is 0.395. The van der Waals surface area contributed by atoms with E-state index in [1.54, 1.807) is 83.2 Å². The zero-order valence-electron chi connectivity index (χ0n) is 27.1. The molecule has 1 aromatic carbocycles. The smallest absolute Gasteiger partial charge is 0.416 e. The number of ether oxygens (including phenoxy) is 2. The number of amides is 1. The van der Waals surface area contributed by atoms with Crippen LogP contribution in [0.1, 0.15) is 57.7 Å². The molecule has 0 aliphatic rings. The monoisotopic (exact) mass is 665 g/mol. The van der Waals surface area contributed by atoms with Crippen molar-refractivity contribution in [1.82, 2.24) is 19.3 Å². The fourth-order valence-electron chi connectivity index (χ4n) is 4.25. The van der Waals surface area contributed by atoms with Gasteiger partial charge in [0.2, 0.25) is 0 Å². The lowest BCUT2D eigenvalue weighted by Crippen LogP contribution is -2.42. The lowest BCUT2D eigenvalue weighted by Gasteiger charge is -2.28. The number of anilines is 1. The summed E-state index contributed by atoms with van der Waals surface area (Å²) in [4.78, 5) is 41.3. The largest absolute Gasteiger partial charge is 0.459 e. The number of aryl methyl sites for hydroxylation is 1. The van der Waals surface area contributed by atoms with Crippen molar-refractivity contribution in [3.63, 3.8) is 0 Å². The molecule has 0 bridgehead atoms. The molecule has 0 unspecified atom stereocenters. The molecule has 0 saturated heterocycles. The maximum atomic E-state index is 13.9. The summed E-state index contributed by atoms with van der Waals surface area (Å²) >= 11 is 1.58. The number of carbonyl (C=O) groups excluding carboxylic acids is 2. The first kappa shape index (κ1) is 34.7. The van der Waals surface area contributed by atoms with E-state index in [1.165, 1.54) is 16.6 Å². The predicted octanol–water partition coefficient (Wildman–Crippen LogP) is 6.38. The Balaban J connectivity index is 1.67. The van der Waals surface area contributed by atoms with E-state index in [-0.39, 0.29) is 23.9 Å². The molecule has 13 heteroatoms. The molecule has 0 N–H and O–H groups in total. The van der Waals surface area contributed by atoms with Gasteiger partial charge >= 0.3 is 12.1 Å². The Bertz CT molecular complexity index is 1760. The van der Waals surface area contributed by atoms with Crippen LogP contribution in [0.4, 0.5) is 10.6 Å². The van der Waals surface area contributed by atoms with Crippen LogP contribution in [-0.2, 0) is 37.4 Å². The quantitative estimate of drug-likeness (QED) is 0.177. The number of sulfonamides is 1. The highest BCUT2D eigenvalue weighted by Gasteiger charge is 2.30. The zero-order chi connectivity index (χ0) is 33.7. The molecule has 0 aliphatic heterocycles. The molecule has 0 saturated carbocycles. The summed E-state index contributed by atoms with van der Waals surface area (Å²) < 4.78 is 40.0.